The van der Waals surface area contributed by atoms with Gasteiger partial charge in [-0.05, 0) is 11.1 Å². The molecule has 0 saturated heterocycles. The Morgan fingerprint density at radius 2 is 1.24 bits per heavy atom. The van der Waals surface area contributed by atoms with E-state index in [1.54, 1.807) is 0 Å². The van der Waals surface area contributed by atoms with Crippen LogP contribution in [0.5, 0.6) is 0 Å². The molecule has 3 aromatic carbocycles. The Hall–Kier alpha value is -3.78. The van der Waals surface area contributed by atoms with Gasteiger partial charge in [-0.25, -0.2) is 0 Å². The Bertz CT molecular complexity index is 999. The Morgan fingerprint density at radius 1 is 0.828 bits per heavy atom. The van der Waals surface area contributed by atoms with Gasteiger partial charge in [0.1, 0.15) is 0 Å². The van der Waals surface area contributed by atoms with Crippen molar-refractivity contribution in [3.8, 4) is 0 Å². The molecule has 0 unspecified atom stereocenters. The molecule has 0 fully saturated rings. The van der Waals surface area contributed by atoms with Gasteiger partial charge >= 0.3 is 0 Å². The lowest BCUT2D eigenvalue weighted by atomic mass is 9.98. The Kier molecular flexibility index (Phi) is 5.85. The van der Waals surface area contributed by atoms with Crippen LogP contribution in [-0.4, -0.2) is 15.8 Å². The van der Waals surface area contributed by atoms with Crippen LogP contribution in [0.25, 0.3) is 0 Å². The lowest BCUT2D eigenvalue weighted by molar-refractivity contribution is -0.393. The van der Waals surface area contributed by atoms with Crippen molar-refractivity contribution in [3.05, 3.63) is 115 Å². The highest BCUT2D eigenvalue weighted by atomic mass is 35.5. The maximum absolute atomic E-state index is 12.9. The van der Waals surface area contributed by atoms with E-state index in [1.165, 1.54) is 0 Å². The highest BCUT2D eigenvalue weighted by Gasteiger charge is 2.28. The van der Waals surface area contributed by atoms with Crippen molar-refractivity contribution in [2.45, 2.75) is 6.04 Å². The van der Waals surface area contributed by atoms with E-state index < -0.39 is 38.2 Å². The summed E-state index contributed by atoms with van der Waals surface area (Å²) in [6.07, 6.45) is 0. The standard InChI is InChI=1S/C20H14ClN3O5/c21-18-16(23(26)27)11-15(12-17(18)24(28)29)20(25)22-19(13-7-3-1-4-8-13)14-9-5-2-6-10-14/h1-12,19H,(H,22,25). The summed E-state index contributed by atoms with van der Waals surface area (Å²) in [5.41, 5.74) is -0.0799. The molecule has 0 aliphatic heterocycles. The lowest BCUT2D eigenvalue weighted by Crippen LogP contribution is -2.29. The van der Waals surface area contributed by atoms with Crippen LogP contribution in [0.1, 0.15) is 27.5 Å². The summed E-state index contributed by atoms with van der Waals surface area (Å²) in [6.45, 7) is 0. The Morgan fingerprint density at radius 3 is 1.62 bits per heavy atom. The van der Waals surface area contributed by atoms with E-state index in [0.29, 0.717) is 0 Å². The number of halogens is 1. The summed E-state index contributed by atoms with van der Waals surface area (Å²) < 4.78 is 0. The molecule has 1 N–H and O–H groups in total. The summed E-state index contributed by atoms with van der Waals surface area (Å²) in [5, 5.41) is 24.6. The lowest BCUT2D eigenvalue weighted by Gasteiger charge is -2.20. The second-order valence-electron chi connectivity index (χ2n) is 6.07. The molecule has 0 atom stereocenters. The van der Waals surface area contributed by atoms with E-state index in [4.69, 9.17) is 11.6 Å². The van der Waals surface area contributed by atoms with E-state index in [9.17, 15) is 25.0 Å². The topological polar surface area (TPSA) is 115 Å². The third-order valence-electron chi connectivity index (χ3n) is 4.23. The number of carbonyl (C=O) groups is 1. The number of hydrogen-bond acceptors (Lipinski definition) is 5. The van der Waals surface area contributed by atoms with E-state index in [1.807, 2.05) is 60.7 Å². The highest BCUT2D eigenvalue weighted by Crippen LogP contribution is 2.35. The summed E-state index contributed by atoms with van der Waals surface area (Å²) in [4.78, 5) is 33.5. The molecule has 0 saturated carbocycles. The number of nitrogens with zero attached hydrogens (tertiary/aromatic N) is 2. The predicted octanol–water partition coefficient (Wildman–Crippen LogP) is 4.68. The number of nitro benzene ring substituents is 2. The van der Waals surface area contributed by atoms with E-state index in [2.05, 4.69) is 5.32 Å². The number of hydrogen-bond donors (Lipinski definition) is 1. The van der Waals surface area contributed by atoms with E-state index >= 15 is 0 Å². The maximum Gasteiger partial charge on any atom is 0.295 e. The molecule has 9 heteroatoms. The first-order valence-electron chi connectivity index (χ1n) is 8.41. The first-order chi connectivity index (χ1) is 13.9. The van der Waals surface area contributed by atoms with Gasteiger partial charge in [-0.15, -0.1) is 0 Å². The molecule has 1 amide bonds. The predicted molar refractivity (Wildman–Crippen MR) is 107 cm³/mol. The van der Waals surface area contributed by atoms with Gasteiger partial charge in [0.15, 0.2) is 5.02 Å². The van der Waals surface area contributed by atoms with Crippen molar-refractivity contribution in [1.82, 2.24) is 5.32 Å². The molecule has 0 aromatic heterocycles. The minimum atomic E-state index is -0.863. The molecule has 0 radical (unpaired) electrons. The van der Waals surface area contributed by atoms with Crippen molar-refractivity contribution in [3.63, 3.8) is 0 Å². The monoisotopic (exact) mass is 411 g/mol. The molecule has 8 nitrogen and oxygen atoms in total. The van der Waals surface area contributed by atoms with Gasteiger partial charge in [0, 0.05) is 12.1 Å². The number of nitro groups is 2. The van der Waals surface area contributed by atoms with Crippen molar-refractivity contribution in [2.75, 3.05) is 0 Å². The second-order valence-corrected chi connectivity index (χ2v) is 6.45. The molecular formula is C20H14ClN3O5. The number of nitrogens with one attached hydrogen (secondary N) is 1. The minimum Gasteiger partial charge on any atom is -0.341 e. The molecule has 0 bridgehead atoms. The molecule has 0 aliphatic carbocycles. The Labute approximate surface area is 170 Å². The van der Waals surface area contributed by atoms with E-state index in [-0.39, 0.29) is 5.56 Å². The first-order valence-corrected chi connectivity index (χ1v) is 8.79. The zero-order chi connectivity index (χ0) is 21.0. The number of rotatable bonds is 6. The fraction of sp³-hybridized carbons (Fsp3) is 0.0500. The summed E-state index contributed by atoms with van der Waals surface area (Å²) >= 11 is 5.76. The molecule has 29 heavy (non-hydrogen) atoms. The van der Waals surface area contributed by atoms with Gasteiger partial charge in [-0.1, -0.05) is 72.3 Å². The fourth-order valence-electron chi connectivity index (χ4n) is 2.86. The fourth-order valence-corrected chi connectivity index (χ4v) is 3.10. The largest absolute Gasteiger partial charge is 0.341 e. The van der Waals surface area contributed by atoms with Gasteiger partial charge in [0.05, 0.1) is 21.5 Å². The minimum absolute atomic E-state index is 0.232. The van der Waals surface area contributed by atoms with Gasteiger partial charge < -0.3 is 5.32 Å². The summed E-state index contributed by atoms with van der Waals surface area (Å²) in [5.74, 6) is -0.703. The maximum atomic E-state index is 12.9. The van der Waals surface area contributed by atoms with Crippen molar-refractivity contribution >= 4 is 28.9 Å². The van der Waals surface area contributed by atoms with Crippen LogP contribution in [0, 0.1) is 20.2 Å². The average molecular weight is 412 g/mol. The van der Waals surface area contributed by atoms with E-state index in [0.717, 1.165) is 23.3 Å². The van der Waals surface area contributed by atoms with Crippen LogP contribution >= 0.6 is 11.6 Å². The molecule has 0 aliphatic rings. The summed E-state index contributed by atoms with van der Waals surface area (Å²) in [7, 11) is 0. The molecule has 0 heterocycles. The molecule has 3 aromatic rings. The molecule has 146 valence electrons. The number of carbonyl (C=O) groups excluding carboxylic acids is 1. The Balaban J connectivity index is 2.03. The van der Waals surface area contributed by atoms with Crippen molar-refractivity contribution < 1.29 is 14.6 Å². The first kappa shape index (κ1) is 20.0. The molecular weight excluding hydrogens is 398 g/mol. The van der Waals surface area contributed by atoms with Gasteiger partial charge in [0.2, 0.25) is 0 Å². The van der Waals surface area contributed by atoms with Crippen LogP contribution in [-0.2, 0) is 0 Å². The SMILES string of the molecule is O=C(NC(c1ccccc1)c1ccccc1)c1cc([N+](=O)[O-])c(Cl)c([N+](=O)[O-])c1. The number of benzene rings is 3. The third kappa shape index (κ3) is 4.39. The summed E-state index contributed by atoms with van der Waals surface area (Å²) in [6, 6.07) is 19.5. The van der Waals surface area contributed by atoms with Crippen LogP contribution < -0.4 is 5.32 Å². The van der Waals surface area contributed by atoms with Gasteiger partial charge in [-0.3, -0.25) is 25.0 Å². The van der Waals surface area contributed by atoms with Crippen LogP contribution in [0.4, 0.5) is 11.4 Å². The zero-order valence-electron chi connectivity index (χ0n) is 14.8. The normalized spacial score (nSPS) is 10.6. The highest BCUT2D eigenvalue weighted by molar-refractivity contribution is 6.35. The van der Waals surface area contributed by atoms with Crippen molar-refractivity contribution in [2.24, 2.45) is 0 Å². The zero-order valence-corrected chi connectivity index (χ0v) is 15.6. The van der Waals surface area contributed by atoms with Crippen LogP contribution in [0.15, 0.2) is 72.8 Å². The van der Waals surface area contributed by atoms with Crippen LogP contribution in [0.3, 0.4) is 0 Å². The average Bonchev–Trinajstić information content (AvgIpc) is 2.72. The van der Waals surface area contributed by atoms with Crippen molar-refractivity contribution in [1.29, 1.82) is 0 Å². The van der Waals surface area contributed by atoms with Gasteiger partial charge in [0.25, 0.3) is 17.3 Å². The quantitative estimate of drug-likeness (QED) is 0.467. The third-order valence-corrected chi connectivity index (χ3v) is 4.62. The van der Waals surface area contributed by atoms with Gasteiger partial charge in [-0.2, -0.15) is 0 Å². The molecule has 0 spiro atoms. The number of amides is 1. The second kappa shape index (κ2) is 8.49. The van der Waals surface area contributed by atoms with Crippen LogP contribution in [0.2, 0.25) is 5.02 Å². The smallest absolute Gasteiger partial charge is 0.295 e. The molecule has 3 rings (SSSR count).